The van der Waals surface area contributed by atoms with E-state index in [9.17, 15) is 5.11 Å². The van der Waals surface area contributed by atoms with Crippen LogP contribution in [0.4, 0.5) is 0 Å². The fourth-order valence-corrected chi connectivity index (χ4v) is 3.42. The van der Waals surface area contributed by atoms with Crippen LogP contribution in [0, 0.1) is 5.92 Å². The van der Waals surface area contributed by atoms with E-state index >= 15 is 0 Å². The topological polar surface area (TPSA) is 38.7 Å². The summed E-state index contributed by atoms with van der Waals surface area (Å²) in [7, 11) is 4.34. The number of aliphatic hydroxyl groups excluding tert-OH is 1. The summed E-state index contributed by atoms with van der Waals surface area (Å²) < 4.78 is 0. The van der Waals surface area contributed by atoms with Crippen LogP contribution < -0.4 is 5.32 Å². The molecule has 0 aromatic heterocycles. The number of hydrogen-bond acceptors (Lipinski definition) is 4. The molecule has 1 aliphatic heterocycles. The normalized spacial score (nSPS) is 29.7. The number of nitrogens with one attached hydrogen (secondary N) is 1. The summed E-state index contributed by atoms with van der Waals surface area (Å²) in [6.07, 6.45) is 0.990. The summed E-state index contributed by atoms with van der Waals surface area (Å²) >= 11 is 0. The maximum atomic E-state index is 9.61. The highest BCUT2D eigenvalue weighted by atomic mass is 16.3. The number of likely N-dealkylation sites (tertiary alicyclic amines) is 1. The van der Waals surface area contributed by atoms with E-state index in [1.165, 1.54) is 0 Å². The summed E-state index contributed by atoms with van der Waals surface area (Å²) in [4.78, 5) is 4.91. The Morgan fingerprint density at radius 1 is 1.42 bits per heavy atom. The van der Waals surface area contributed by atoms with Gasteiger partial charge in [0.15, 0.2) is 0 Å². The molecule has 0 spiro atoms. The van der Waals surface area contributed by atoms with Crippen molar-refractivity contribution in [2.45, 2.75) is 51.7 Å². The van der Waals surface area contributed by atoms with E-state index in [2.05, 4.69) is 56.9 Å². The van der Waals surface area contributed by atoms with Gasteiger partial charge in [0.2, 0.25) is 0 Å². The van der Waals surface area contributed by atoms with Crippen molar-refractivity contribution in [1.29, 1.82) is 0 Å². The van der Waals surface area contributed by atoms with Crippen molar-refractivity contribution in [1.82, 2.24) is 15.1 Å². The molecule has 4 nitrogen and oxygen atoms in total. The smallest absolute Gasteiger partial charge is 0.0611 e. The molecule has 19 heavy (non-hydrogen) atoms. The zero-order chi connectivity index (χ0) is 14.6. The van der Waals surface area contributed by atoms with E-state index in [1.807, 2.05) is 0 Å². The molecule has 4 heteroatoms. The molecule has 1 heterocycles. The average molecular weight is 271 g/mol. The molecule has 0 aliphatic carbocycles. The fraction of sp³-hybridized carbons (Fsp3) is 1.00. The van der Waals surface area contributed by atoms with Crippen molar-refractivity contribution in [3.63, 3.8) is 0 Å². The average Bonchev–Trinajstić information content (AvgIpc) is 2.72. The van der Waals surface area contributed by atoms with Crippen molar-refractivity contribution in [3.05, 3.63) is 0 Å². The van der Waals surface area contributed by atoms with Gasteiger partial charge in [-0.2, -0.15) is 0 Å². The standard InChI is InChI=1S/C15H33N3O/c1-7-16-15(4,11-19)8-13(3)18-9-12(2)14(10-18)17(5)6/h12-14,16,19H,7-11H2,1-6H3. The van der Waals surface area contributed by atoms with Crippen LogP contribution in [0.1, 0.15) is 34.1 Å². The molecule has 114 valence electrons. The van der Waals surface area contributed by atoms with E-state index in [-0.39, 0.29) is 12.1 Å². The molecule has 4 unspecified atom stereocenters. The minimum Gasteiger partial charge on any atom is -0.394 e. The number of rotatable bonds is 7. The van der Waals surface area contributed by atoms with E-state index in [0.717, 1.165) is 32.0 Å². The van der Waals surface area contributed by atoms with Crippen molar-refractivity contribution in [3.8, 4) is 0 Å². The maximum absolute atomic E-state index is 9.61. The molecule has 0 radical (unpaired) electrons. The van der Waals surface area contributed by atoms with Crippen LogP contribution in [-0.2, 0) is 0 Å². The summed E-state index contributed by atoms with van der Waals surface area (Å²) in [5, 5.41) is 13.0. The first-order chi connectivity index (χ1) is 8.83. The second kappa shape index (κ2) is 7.02. The molecule has 4 atom stereocenters. The predicted octanol–water partition coefficient (Wildman–Crippen LogP) is 1.01. The number of nitrogens with zero attached hydrogens (tertiary/aromatic N) is 2. The SMILES string of the molecule is CCNC(C)(CO)CC(C)N1CC(C)C(N(C)C)C1. The molecular formula is C15H33N3O. The van der Waals surface area contributed by atoms with Crippen LogP contribution in [0.25, 0.3) is 0 Å². The zero-order valence-corrected chi connectivity index (χ0v) is 13.6. The lowest BCUT2D eigenvalue weighted by Gasteiger charge is -2.35. The van der Waals surface area contributed by atoms with Gasteiger partial charge in [-0.05, 0) is 46.8 Å². The van der Waals surface area contributed by atoms with Gasteiger partial charge in [0.25, 0.3) is 0 Å². The molecule has 1 rings (SSSR count). The van der Waals surface area contributed by atoms with Gasteiger partial charge in [-0.1, -0.05) is 13.8 Å². The van der Waals surface area contributed by atoms with Crippen LogP contribution in [0.15, 0.2) is 0 Å². The quantitative estimate of drug-likeness (QED) is 0.725. The zero-order valence-electron chi connectivity index (χ0n) is 13.6. The molecule has 0 bridgehead atoms. The molecule has 1 fully saturated rings. The lowest BCUT2D eigenvalue weighted by Crippen LogP contribution is -2.50. The number of hydrogen-bond donors (Lipinski definition) is 2. The number of likely N-dealkylation sites (N-methyl/N-ethyl adjacent to an activating group) is 2. The largest absolute Gasteiger partial charge is 0.394 e. The monoisotopic (exact) mass is 271 g/mol. The van der Waals surface area contributed by atoms with Crippen LogP contribution in [0.3, 0.4) is 0 Å². The van der Waals surface area contributed by atoms with Crippen LogP contribution in [0.5, 0.6) is 0 Å². The Hall–Kier alpha value is -0.160. The first kappa shape index (κ1) is 16.9. The molecule has 0 saturated carbocycles. The molecule has 1 aliphatic rings. The third-order valence-corrected chi connectivity index (χ3v) is 4.59. The highest BCUT2D eigenvalue weighted by Gasteiger charge is 2.35. The van der Waals surface area contributed by atoms with Crippen molar-refractivity contribution < 1.29 is 5.11 Å². The summed E-state index contributed by atoms with van der Waals surface area (Å²) in [5.41, 5.74) is -0.159. The molecule has 0 amide bonds. The molecule has 0 aromatic rings. The van der Waals surface area contributed by atoms with Crippen LogP contribution >= 0.6 is 0 Å². The van der Waals surface area contributed by atoms with Crippen LogP contribution in [-0.4, -0.2) is 72.9 Å². The maximum Gasteiger partial charge on any atom is 0.0611 e. The summed E-state index contributed by atoms with van der Waals surface area (Å²) in [6, 6.07) is 1.16. The fourth-order valence-electron chi connectivity index (χ4n) is 3.42. The minimum absolute atomic E-state index is 0.159. The van der Waals surface area contributed by atoms with Gasteiger partial charge in [-0.15, -0.1) is 0 Å². The Kier molecular flexibility index (Phi) is 6.24. The van der Waals surface area contributed by atoms with Gasteiger partial charge in [0.05, 0.1) is 6.61 Å². The Morgan fingerprint density at radius 2 is 2.05 bits per heavy atom. The lowest BCUT2D eigenvalue weighted by atomic mass is 9.94. The third kappa shape index (κ3) is 4.42. The van der Waals surface area contributed by atoms with Gasteiger partial charge in [0, 0.05) is 30.7 Å². The number of aliphatic hydroxyl groups is 1. The molecule has 0 aromatic carbocycles. The first-order valence-electron chi connectivity index (χ1n) is 7.59. The Balaban J connectivity index is 2.57. The Morgan fingerprint density at radius 3 is 2.47 bits per heavy atom. The van der Waals surface area contributed by atoms with E-state index in [0.29, 0.717) is 12.1 Å². The summed E-state index contributed by atoms with van der Waals surface area (Å²) in [5.74, 6) is 0.719. The second-order valence-corrected chi connectivity index (χ2v) is 6.76. The Labute approximate surface area is 119 Å². The van der Waals surface area contributed by atoms with E-state index < -0.39 is 0 Å². The van der Waals surface area contributed by atoms with E-state index in [1.54, 1.807) is 0 Å². The van der Waals surface area contributed by atoms with E-state index in [4.69, 9.17) is 0 Å². The van der Waals surface area contributed by atoms with Gasteiger partial charge in [-0.25, -0.2) is 0 Å². The van der Waals surface area contributed by atoms with Crippen molar-refractivity contribution in [2.75, 3.05) is 40.3 Å². The van der Waals surface area contributed by atoms with Gasteiger partial charge in [-0.3, -0.25) is 4.90 Å². The third-order valence-electron chi connectivity index (χ3n) is 4.59. The highest BCUT2D eigenvalue weighted by Crippen LogP contribution is 2.25. The molecule has 1 saturated heterocycles. The van der Waals surface area contributed by atoms with Crippen molar-refractivity contribution >= 4 is 0 Å². The lowest BCUT2D eigenvalue weighted by molar-refractivity contribution is 0.123. The predicted molar refractivity (Wildman–Crippen MR) is 81.5 cm³/mol. The second-order valence-electron chi connectivity index (χ2n) is 6.76. The van der Waals surface area contributed by atoms with Crippen LogP contribution in [0.2, 0.25) is 0 Å². The highest BCUT2D eigenvalue weighted by molar-refractivity contribution is 4.93. The minimum atomic E-state index is -0.159. The van der Waals surface area contributed by atoms with Gasteiger partial charge in [0.1, 0.15) is 0 Å². The first-order valence-corrected chi connectivity index (χ1v) is 7.59. The summed E-state index contributed by atoms with van der Waals surface area (Å²) in [6.45, 7) is 12.3. The Bertz CT molecular complexity index is 272. The van der Waals surface area contributed by atoms with Crippen molar-refractivity contribution in [2.24, 2.45) is 5.92 Å². The molecule has 2 N–H and O–H groups in total. The van der Waals surface area contributed by atoms with Gasteiger partial charge >= 0.3 is 0 Å². The van der Waals surface area contributed by atoms with Gasteiger partial charge < -0.3 is 15.3 Å². The molecular weight excluding hydrogens is 238 g/mol.